The smallest absolute Gasteiger partial charge is 0.311 e. The van der Waals surface area contributed by atoms with Gasteiger partial charge in [-0.1, -0.05) is 0 Å². The summed E-state index contributed by atoms with van der Waals surface area (Å²) < 4.78 is 0. The van der Waals surface area contributed by atoms with Crippen LogP contribution in [0.25, 0.3) is 0 Å². The van der Waals surface area contributed by atoms with E-state index in [2.05, 4.69) is 5.32 Å². The van der Waals surface area contributed by atoms with Crippen molar-refractivity contribution in [1.82, 2.24) is 5.32 Å². The molecule has 0 aliphatic carbocycles. The van der Waals surface area contributed by atoms with Crippen molar-refractivity contribution in [3.8, 4) is 0 Å². The molecule has 3 N–H and O–H groups in total. The molecular formula is C7H13NO3. The van der Waals surface area contributed by atoms with Gasteiger partial charge in [-0.15, -0.1) is 0 Å². The monoisotopic (exact) mass is 159 g/mol. The van der Waals surface area contributed by atoms with Crippen molar-refractivity contribution in [2.75, 3.05) is 19.7 Å². The Morgan fingerprint density at radius 2 is 2.45 bits per heavy atom. The van der Waals surface area contributed by atoms with Gasteiger partial charge in [-0.2, -0.15) is 0 Å². The number of aliphatic hydroxyl groups excluding tert-OH is 1. The molecule has 0 bridgehead atoms. The fourth-order valence-electron chi connectivity index (χ4n) is 1.39. The third-order valence-electron chi connectivity index (χ3n) is 2.49. The topological polar surface area (TPSA) is 69.6 Å². The molecule has 0 saturated carbocycles. The molecule has 0 aromatic heterocycles. The molecule has 4 nitrogen and oxygen atoms in total. The van der Waals surface area contributed by atoms with E-state index in [1.54, 1.807) is 6.92 Å². The van der Waals surface area contributed by atoms with Gasteiger partial charge in [0.2, 0.25) is 0 Å². The second-order valence-electron chi connectivity index (χ2n) is 3.23. The van der Waals surface area contributed by atoms with Crippen molar-refractivity contribution in [2.24, 2.45) is 11.3 Å². The number of aliphatic hydroxyl groups is 1. The van der Waals surface area contributed by atoms with Gasteiger partial charge < -0.3 is 15.5 Å². The summed E-state index contributed by atoms with van der Waals surface area (Å²) in [6, 6.07) is 0. The molecule has 0 spiro atoms. The minimum absolute atomic E-state index is 0.0597. The molecule has 4 heteroatoms. The molecular weight excluding hydrogens is 146 g/mol. The Balaban J connectivity index is 2.75. The van der Waals surface area contributed by atoms with Crippen LogP contribution in [0.2, 0.25) is 0 Å². The van der Waals surface area contributed by atoms with Crippen LogP contribution >= 0.6 is 0 Å². The summed E-state index contributed by atoms with van der Waals surface area (Å²) in [7, 11) is 0. The fourth-order valence-corrected chi connectivity index (χ4v) is 1.39. The molecule has 64 valence electrons. The Kier molecular flexibility index (Phi) is 2.15. The van der Waals surface area contributed by atoms with Crippen LogP contribution in [0.3, 0.4) is 0 Å². The van der Waals surface area contributed by atoms with Crippen molar-refractivity contribution >= 4 is 5.97 Å². The zero-order valence-corrected chi connectivity index (χ0v) is 6.50. The molecule has 0 radical (unpaired) electrons. The minimum atomic E-state index is -0.832. The van der Waals surface area contributed by atoms with Crippen LogP contribution in [0.4, 0.5) is 0 Å². The highest BCUT2D eigenvalue weighted by Gasteiger charge is 2.44. The summed E-state index contributed by atoms with van der Waals surface area (Å²) in [5.74, 6) is -0.985. The normalized spacial score (nSPS) is 37.5. The summed E-state index contributed by atoms with van der Waals surface area (Å²) in [5.41, 5.74) is -0.783. The molecule has 1 heterocycles. The molecule has 0 aromatic rings. The van der Waals surface area contributed by atoms with Crippen LogP contribution in [0.5, 0.6) is 0 Å². The van der Waals surface area contributed by atoms with Crippen molar-refractivity contribution in [3.05, 3.63) is 0 Å². The first-order valence-corrected chi connectivity index (χ1v) is 3.66. The summed E-state index contributed by atoms with van der Waals surface area (Å²) in [6.45, 7) is 2.65. The average Bonchev–Trinajstić information content (AvgIpc) is 2.32. The average molecular weight is 159 g/mol. The van der Waals surface area contributed by atoms with Crippen LogP contribution in [-0.2, 0) is 4.79 Å². The molecule has 1 saturated heterocycles. The van der Waals surface area contributed by atoms with Gasteiger partial charge in [0.25, 0.3) is 0 Å². The van der Waals surface area contributed by atoms with Crippen LogP contribution in [0, 0.1) is 11.3 Å². The number of carboxylic acids is 1. The Hall–Kier alpha value is -0.610. The fraction of sp³-hybridized carbons (Fsp3) is 0.857. The number of rotatable bonds is 2. The van der Waals surface area contributed by atoms with Gasteiger partial charge in [0.1, 0.15) is 0 Å². The van der Waals surface area contributed by atoms with Crippen LogP contribution in [-0.4, -0.2) is 35.9 Å². The third-order valence-corrected chi connectivity index (χ3v) is 2.49. The van der Waals surface area contributed by atoms with E-state index in [-0.39, 0.29) is 12.5 Å². The lowest BCUT2D eigenvalue weighted by Crippen LogP contribution is -2.37. The van der Waals surface area contributed by atoms with Gasteiger partial charge in [0, 0.05) is 25.6 Å². The quantitative estimate of drug-likeness (QED) is 0.498. The van der Waals surface area contributed by atoms with Gasteiger partial charge in [0.15, 0.2) is 0 Å². The molecule has 11 heavy (non-hydrogen) atoms. The van der Waals surface area contributed by atoms with Gasteiger partial charge in [-0.25, -0.2) is 0 Å². The lowest BCUT2D eigenvalue weighted by molar-refractivity contribution is -0.149. The number of nitrogens with one attached hydrogen (secondary N) is 1. The van der Waals surface area contributed by atoms with Crippen molar-refractivity contribution < 1.29 is 15.0 Å². The van der Waals surface area contributed by atoms with E-state index >= 15 is 0 Å². The first kappa shape index (κ1) is 8.49. The van der Waals surface area contributed by atoms with E-state index in [1.165, 1.54) is 0 Å². The van der Waals surface area contributed by atoms with Crippen molar-refractivity contribution in [3.63, 3.8) is 0 Å². The van der Waals surface area contributed by atoms with Gasteiger partial charge in [0.05, 0.1) is 5.41 Å². The van der Waals surface area contributed by atoms with Crippen molar-refractivity contribution in [1.29, 1.82) is 0 Å². The number of hydrogen-bond donors (Lipinski definition) is 3. The molecule has 0 unspecified atom stereocenters. The Labute approximate surface area is 65.2 Å². The Bertz CT molecular complexity index is 171. The Morgan fingerprint density at radius 1 is 1.82 bits per heavy atom. The van der Waals surface area contributed by atoms with Crippen LogP contribution in [0.15, 0.2) is 0 Å². The van der Waals surface area contributed by atoms with Gasteiger partial charge in [-0.05, 0) is 6.92 Å². The second-order valence-corrected chi connectivity index (χ2v) is 3.23. The first-order chi connectivity index (χ1) is 5.11. The maximum Gasteiger partial charge on any atom is 0.311 e. The molecule has 1 aliphatic heterocycles. The lowest BCUT2D eigenvalue weighted by Gasteiger charge is -2.23. The van der Waals surface area contributed by atoms with Crippen LogP contribution in [0.1, 0.15) is 6.92 Å². The van der Waals surface area contributed by atoms with Crippen LogP contribution < -0.4 is 5.32 Å². The predicted molar refractivity (Wildman–Crippen MR) is 39.2 cm³/mol. The molecule has 0 aromatic carbocycles. The highest BCUT2D eigenvalue weighted by Crippen LogP contribution is 2.30. The summed E-state index contributed by atoms with van der Waals surface area (Å²) in [4.78, 5) is 10.7. The lowest BCUT2D eigenvalue weighted by atomic mass is 9.80. The molecule has 2 atom stereocenters. The number of carbonyl (C=O) groups is 1. The van der Waals surface area contributed by atoms with Gasteiger partial charge >= 0.3 is 5.97 Å². The third kappa shape index (κ3) is 1.23. The first-order valence-electron chi connectivity index (χ1n) is 3.66. The van der Waals surface area contributed by atoms with E-state index in [4.69, 9.17) is 10.2 Å². The minimum Gasteiger partial charge on any atom is -0.481 e. The summed E-state index contributed by atoms with van der Waals surface area (Å²) in [6.07, 6.45) is 0. The maximum atomic E-state index is 10.7. The molecule has 0 amide bonds. The largest absolute Gasteiger partial charge is 0.481 e. The summed E-state index contributed by atoms with van der Waals surface area (Å²) in [5, 5.41) is 20.6. The SMILES string of the molecule is C[C@@]1(C(=O)O)CNC[C@@H]1CO. The Morgan fingerprint density at radius 3 is 2.82 bits per heavy atom. The molecule has 1 aliphatic rings. The van der Waals surface area contributed by atoms with E-state index in [1.807, 2.05) is 0 Å². The highest BCUT2D eigenvalue weighted by atomic mass is 16.4. The van der Waals surface area contributed by atoms with E-state index in [9.17, 15) is 4.79 Å². The second kappa shape index (κ2) is 2.79. The zero-order chi connectivity index (χ0) is 8.48. The van der Waals surface area contributed by atoms with E-state index in [0.29, 0.717) is 13.1 Å². The van der Waals surface area contributed by atoms with Gasteiger partial charge in [-0.3, -0.25) is 4.79 Å². The maximum absolute atomic E-state index is 10.7. The number of carboxylic acid groups (broad SMARTS) is 1. The summed E-state index contributed by atoms with van der Waals surface area (Å²) >= 11 is 0. The van der Waals surface area contributed by atoms with Crippen molar-refractivity contribution in [2.45, 2.75) is 6.92 Å². The van der Waals surface area contributed by atoms with E-state index in [0.717, 1.165) is 0 Å². The molecule has 1 fully saturated rings. The number of aliphatic carboxylic acids is 1. The standard InChI is InChI=1S/C7H13NO3/c1-7(6(10)11)4-8-2-5(7)3-9/h5,8-9H,2-4H2,1H3,(H,10,11)/t5-,7-/m1/s1. The highest BCUT2D eigenvalue weighted by molar-refractivity contribution is 5.75. The van der Waals surface area contributed by atoms with E-state index < -0.39 is 11.4 Å². The number of hydrogen-bond acceptors (Lipinski definition) is 3. The predicted octanol–water partition coefficient (Wildman–Crippen LogP) is -0.711. The molecule has 1 rings (SSSR count). The zero-order valence-electron chi connectivity index (χ0n) is 6.50.